The second-order valence-electron chi connectivity index (χ2n) is 7.35. The lowest BCUT2D eigenvalue weighted by atomic mass is 10.1. The Morgan fingerprint density at radius 1 is 0.867 bits per heavy atom. The molecule has 0 saturated carbocycles. The molecule has 0 saturated heterocycles. The average Bonchev–Trinajstić information content (AvgIpc) is 3.23. The summed E-state index contributed by atoms with van der Waals surface area (Å²) in [5.41, 5.74) is 2.60. The standard InChI is InChI=1S/C23H27N5O2/c1-26(2)22(29)18-28-17-21(24-25-28)23(30)27(15-13-19-9-5-3-6-10-19)16-14-20-11-7-4-8-12-20/h3-12,17H,13-16,18H2,1-2H3. The molecule has 0 radical (unpaired) electrons. The molecule has 0 aliphatic rings. The molecule has 30 heavy (non-hydrogen) atoms. The van der Waals surface area contributed by atoms with E-state index < -0.39 is 0 Å². The van der Waals surface area contributed by atoms with Crippen LogP contribution in [0.1, 0.15) is 21.6 Å². The van der Waals surface area contributed by atoms with Crippen molar-refractivity contribution in [2.24, 2.45) is 0 Å². The Hall–Kier alpha value is -3.48. The van der Waals surface area contributed by atoms with Crippen molar-refractivity contribution in [2.45, 2.75) is 19.4 Å². The quantitative estimate of drug-likeness (QED) is 0.548. The highest BCUT2D eigenvalue weighted by atomic mass is 16.2. The number of hydrogen-bond donors (Lipinski definition) is 0. The summed E-state index contributed by atoms with van der Waals surface area (Å²) >= 11 is 0. The van der Waals surface area contributed by atoms with E-state index in [1.54, 1.807) is 20.3 Å². The van der Waals surface area contributed by atoms with Crippen LogP contribution >= 0.6 is 0 Å². The molecule has 0 aliphatic carbocycles. The van der Waals surface area contributed by atoms with Crippen LogP contribution in [0.3, 0.4) is 0 Å². The second kappa shape index (κ2) is 10.3. The van der Waals surface area contributed by atoms with Gasteiger partial charge in [0.2, 0.25) is 5.91 Å². The van der Waals surface area contributed by atoms with Gasteiger partial charge in [0.15, 0.2) is 5.69 Å². The molecule has 2 aromatic carbocycles. The summed E-state index contributed by atoms with van der Waals surface area (Å²) in [5, 5.41) is 7.96. The fraction of sp³-hybridized carbons (Fsp3) is 0.304. The predicted octanol–water partition coefficient (Wildman–Crippen LogP) is 2.29. The molecule has 0 aliphatic heterocycles. The van der Waals surface area contributed by atoms with E-state index in [0.717, 1.165) is 12.8 Å². The van der Waals surface area contributed by atoms with Gasteiger partial charge in [0.25, 0.3) is 5.91 Å². The normalized spacial score (nSPS) is 10.6. The molecule has 1 heterocycles. The minimum absolute atomic E-state index is 0.0569. The summed E-state index contributed by atoms with van der Waals surface area (Å²) in [6, 6.07) is 20.2. The molecule has 1 aromatic heterocycles. The van der Waals surface area contributed by atoms with Gasteiger partial charge in [0.1, 0.15) is 6.54 Å². The maximum Gasteiger partial charge on any atom is 0.276 e. The zero-order chi connectivity index (χ0) is 21.3. The van der Waals surface area contributed by atoms with Crippen LogP contribution in [-0.4, -0.2) is 63.8 Å². The Kier molecular flexibility index (Phi) is 7.32. The molecule has 156 valence electrons. The van der Waals surface area contributed by atoms with Gasteiger partial charge in [-0.05, 0) is 24.0 Å². The fourth-order valence-electron chi connectivity index (χ4n) is 3.05. The van der Waals surface area contributed by atoms with E-state index in [-0.39, 0.29) is 24.1 Å². The smallest absolute Gasteiger partial charge is 0.276 e. The number of hydrogen-bond acceptors (Lipinski definition) is 4. The average molecular weight is 406 g/mol. The van der Waals surface area contributed by atoms with Crippen molar-refractivity contribution in [3.63, 3.8) is 0 Å². The van der Waals surface area contributed by atoms with Crippen LogP contribution in [-0.2, 0) is 24.2 Å². The summed E-state index contributed by atoms with van der Waals surface area (Å²) in [4.78, 5) is 28.3. The van der Waals surface area contributed by atoms with Gasteiger partial charge < -0.3 is 9.80 Å². The van der Waals surface area contributed by atoms with Gasteiger partial charge in [-0.3, -0.25) is 9.59 Å². The number of likely N-dealkylation sites (N-methyl/N-ethyl adjacent to an activating group) is 1. The Labute approximate surface area is 176 Å². The highest BCUT2D eigenvalue weighted by Crippen LogP contribution is 2.08. The molecule has 7 heteroatoms. The van der Waals surface area contributed by atoms with Gasteiger partial charge in [-0.25, -0.2) is 4.68 Å². The molecule has 0 unspecified atom stereocenters. The molecule has 3 rings (SSSR count). The van der Waals surface area contributed by atoms with Crippen LogP contribution in [0.2, 0.25) is 0 Å². The van der Waals surface area contributed by atoms with Crippen LogP contribution < -0.4 is 0 Å². The largest absolute Gasteiger partial charge is 0.347 e. The molecular formula is C23H27N5O2. The van der Waals surface area contributed by atoms with Crippen molar-refractivity contribution < 1.29 is 9.59 Å². The van der Waals surface area contributed by atoms with Gasteiger partial charge in [0.05, 0.1) is 6.20 Å². The number of rotatable bonds is 9. The zero-order valence-corrected chi connectivity index (χ0v) is 17.4. The van der Waals surface area contributed by atoms with Crippen molar-refractivity contribution in [3.8, 4) is 0 Å². The predicted molar refractivity (Wildman–Crippen MR) is 115 cm³/mol. The van der Waals surface area contributed by atoms with E-state index in [4.69, 9.17) is 0 Å². The summed E-state index contributed by atoms with van der Waals surface area (Å²) < 4.78 is 1.40. The molecule has 7 nitrogen and oxygen atoms in total. The summed E-state index contributed by atoms with van der Waals surface area (Å²) in [6.07, 6.45) is 3.06. The Morgan fingerprint density at radius 2 is 1.40 bits per heavy atom. The number of nitrogens with zero attached hydrogens (tertiary/aromatic N) is 5. The molecule has 0 bridgehead atoms. The fourth-order valence-corrected chi connectivity index (χ4v) is 3.05. The van der Waals surface area contributed by atoms with Gasteiger partial charge in [-0.15, -0.1) is 5.10 Å². The lowest BCUT2D eigenvalue weighted by Gasteiger charge is -2.22. The van der Waals surface area contributed by atoms with Gasteiger partial charge >= 0.3 is 0 Å². The van der Waals surface area contributed by atoms with Crippen LogP contribution in [0.15, 0.2) is 66.9 Å². The van der Waals surface area contributed by atoms with Crippen molar-refractivity contribution in [1.29, 1.82) is 0 Å². The molecule has 0 spiro atoms. The lowest BCUT2D eigenvalue weighted by Crippen LogP contribution is -2.35. The first-order chi connectivity index (χ1) is 14.5. The number of benzene rings is 2. The highest BCUT2D eigenvalue weighted by molar-refractivity contribution is 5.92. The molecule has 0 atom stereocenters. The third-order valence-electron chi connectivity index (χ3n) is 4.87. The molecule has 0 fully saturated rings. The number of carbonyl (C=O) groups is 2. The van der Waals surface area contributed by atoms with Crippen molar-refractivity contribution >= 4 is 11.8 Å². The maximum absolute atomic E-state index is 13.1. The third kappa shape index (κ3) is 6.01. The maximum atomic E-state index is 13.1. The Morgan fingerprint density at radius 3 is 1.90 bits per heavy atom. The van der Waals surface area contributed by atoms with E-state index >= 15 is 0 Å². The highest BCUT2D eigenvalue weighted by Gasteiger charge is 2.20. The number of carbonyl (C=O) groups excluding carboxylic acids is 2. The SMILES string of the molecule is CN(C)C(=O)Cn1cc(C(=O)N(CCc2ccccc2)CCc2ccccc2)nn1. The van der Waals surface area contributed by atoms with Crippen LogP contribution in [0.4, 0.5) is 0 Å². The van der Waals surface area contributed by atoms with Crippen LogP contribution in [0.5, 0.6) is 0 Å². The first-order valence-electron chi connectivity index (χ1n) is 10.0. The van der Waals surface area contributed by atoms with Gasteiger partial charge in [-0.2, -0.15) is 0 Å². The molecular weight excluding hydrogens is 378 g/mol. The van der Waals surface area contributed by atoms with Crippen LogP contribution in [0.25, 0.3) is 0 Å². The third-order valence-corrected chi connectivity index (χ3v) is 4.87. The zero-order valence-electron chi connectivity index (χ0n) is 17.4. The van der Waals surface area contributed by atoms with Crippen molar-refractivity contribution in [1.82, 2.24) is 24.8 Å². The van der Waals surface area contributed by atoms with E-state index in [0.29, 0.717) is 13.1 Å². The van der Waals surface area contributed by atoms with Gasteiger partial charge in [0, 0.05) is 27.2 Å². The van der Waals surface area contributed by atoms with Crippen LogP contribution in [0, 0.1) is 0 Å². The van der Waals surface area contributed by atoms with Crippen molar-refractivity contribution in [2.75, 3.05) is 27.2 Å². The molecule has 2 amide bonds. The number of aromatic nitrogens is 3. The summed E-state index contributed by atoms with van der Waals surface area (Å²) in [6.45, 7) is 1.22. The first kappa shape index (κ1) is 21.2. The van der Waals surface area contributed by atoms with E-state index in [1.807, 2.05) is 41.3 Å². The minimum atomic E-state index is -0.176. The molecule has 3 aromatic rings. The second-order valence-corrected chi connectivity index (χ2v) is 7.35. The Bertz CT molecular complexity index is 910. The first-order valence-corrected chi connectivity index (χ1v) is 10.0. The van der Waals surface area contributed by atoms with E-state index in [9.17, 15) is 9.59 Å². The lowest BCUT2D eigenvalue weighted by molar-refractivity contribution is -0.129. The minimum Gasteiger partial charge on any atom is -0.347 e. The number of amides is 2. The Balaban J connectivity index is 1.70. The van der Waals surface area contributed by atoms with E-state index in [2.05, 4.69) is 34.6 Å². The monoisotopic (exact) mass is 405 g/mol. The molecule has 0 N–H and O–H groups in total. The summed E-state index contributed by atoms with van der Waals surface area (Å²) in [7, 11) is 3.36. The van der Waals surface area contributed by atoms with E-state index in [1.165, 1.54) is 20.7 Å². The summed E-state index contributed by atoms with van der Waals surface area (Å²) in [5.74, 6) is -0.283. The van der Waals surface area contributed by atoms with Gasteiger partial charge in [-0.1, -0.05) is 65.9 Å². The topological polar surface area (TPSA) is 71.3 Å². The van der Waals surface area contributed by atoms with Crippen molar-refractivity contribution in [3.05, 3.63) is 83.7 Å².